The Balaban J connectivity index is 1.52. The van der Waals surface area contributed by atoms with Gasteiger partial charge in [-0.05, 0) is 46.6 Å². The lowest BCUT2D eigenvalue weighted by atomic mass is 10.1. The Kier molecular flexibility index (Phi) is 6.65. The molecule has 0 aliphatic carbocycles. The van der Waals surface area contributed by atoms with E-state index in [9.17, 15) is 21.6 Å². The number of alkyl halides is 3. The smallest absolute Gasteiger partial charge is 0.369 e. The van der Waals surface area contributed by atoms with Gasteiger partial charge in [-0.2, -0.15) is 22.8 Å². The molecule has 2 aromatic heterocycles. The summed E-state index contributed by atoms with van der Waals surface area (Å²) >= 11 is 3.43. The minimum absolute atomic E-state index is 0.0649. The highest BCUT2D eigenvalue weighted by Gasteiger charge is 2.31. The Labute approximate surface area is 202 Å². The van der Waals surface area contributed by atoms with Crippen molar-refractivity contribution in [2.75, 3.05) is 18.4 Å². The topological polar surface area (TPSA) is 88.4 Å². The molecule has 0 spiro atoms. The summed E-state index contributed by atoms with van der Waals surface area (Å²) < 4.78 is 68.3. The zero-order valence-corrected chi connectivity index (χ0v) is 20.2. The molecule has 0 saturated heterocycles. The second-order valence-electron chi connectivity index (χ2n) is 7.42. The Morgan fingerprint density at radius 2 is 1.82 bits per heavy atom. The molecule has 7 nitrogen and oxygen atoms in total. The summed E-state index contributed by atoms with van der Waals surface area (Å²) in [6.45, 7) is 2.06. The largest absolute Gasteiger partial charge is 0.416 e. The number of nitrogens with zero attached hydrogens (tertiary/aromatic N) is 3. The molecule has 0 aliphatic heterocycles. The van der Waals surface area contributed by atoms with Gasteiger partial charge in [0.2, 0.25) is 10.0 Å². The summed E-state index contributed by atoms with van der Waals surface area (Å²) in [5, 5.41) is 7.41. The van der Waals surface area contributed by atoms with Gasteiger partial charge in [-0.25, -0.2) is 18.1 Å². The van der Waals surface area contributed by atoms with Crippen LogP contribution in [0.5, 0.6) is 0 Å². The molecular formula is C22H19BrF3N5O2S. The molecule has 2 heterocycles. The van der Waals surface area contributed by atoms with E-state index >= 15 is 0 Å². The fourth-order valence-corrected chi connectivity index (χ4v) is 4.78. The van der Waals surface area contributed by atoms with E-state index in [4.69, 9.17) is 0 Å². The fraction of sp³-hybridized carbons (Fsp3) is 0.182. The Hall–Kier alpha value is -2.96. The second kappa shape index (κ2) is 9.35. The molecule has 0 amide bonds. The summed E-state index contributed by atoms with van der Waals surface area (Å²) in [6, 6.07) is 13.2. The lowest BCUT2D eigenvalue weighted by Crippen LogP contribution is -2.29. The van der Waals surface area contributed by atoms with Crippen LogP contribution < -0.4 is 10.0 Å². The third kappa shape index (κ3) is 5.08. The minimum Gasteiger partial charge on any atom is -0.369 e. The Morgan fingerprint density at radius 3 is 2.56 bits per heavy atom. The van der Waals surface area contributed by atoms with Crippen LogP contribution in [0.3, 0.4) is 0 Å². The molecule has 178 valence electrons. The van der Waals surface area contributed by atoms with Crippen molar-refractivity contribution in [1.29, 1.82) is 0 Å². The molecular weight excluding hydrogens is 535 g/mol. The van der Waals surface area contributed by atoms with Gasteiger partial charge < -0.3 is 5.32 Å². The van der Waals surface area contributed by atoms with Crippen LogP contribution in [0.15, 0.2) is 70.2 Å². The fourth-order valence-electron chi connectivity index (χ4n) is 3.36. The number of benzene rings is 2. The molecule has 0 unspecified atom stereocenters. The van der Waals surface area contributed by atoms with Gasteiger partial charge in [0.1, 0.15) is 5.82 Å². The highest BCUT2D eigenvalue weighted by atomic mass is 79.9. The molecule has 34 heavy (non-hydrogen) atoms. The first-order valence-corrected chi connectivity index (χ1v) is 12.3. The lowest BCUT2D eigenvalue weighted by molar-refractivity contribution is -0.137. The van der Waals surface area contributed by atoms with E-state index in [0.717, 1.165) is 29.3 Å². The van der Waals surface area contributed by atoms with Gasteiger partial charge in [-0.3, -0.25) is 0 Å². The first kappa shape index (κ1) is 24.2. The minimum atomic E-state index is -4.63. The first-order valence-electron chi connectivity index (χ1n) is 10.1. The molecule has 4 aromatic rings. The van der Waals surface area contributed by atoms with Crippen LogP contribution in [-0.2, 0) is 16.2 Å². The molecule has 0 saturated carbocycles. The molecule has 0 bridgehead atoms. The lowest BCUT2D eigenvalue weighted by Gasteiger charge is -2.13. The van der Waals surface area contributed by atoms with E-state index in [1.165, 1.54) is 0 Å². The number of nitrogens with one attached hydrogen (secondary N) is 2. The predicted molar refractivity (Wildman–Crippen MR) is 126 cm³/mol. The van der Waals surface area contributed by atoms with Crippen molar-refractivity contribution in [3.8, 4) is 11.3 Å². The summed E-state index contributed by atoms with van der Waals surface area (Å²) in [6.07, 6.45) is -3.03. The van der Waals surface area contributed by atoms with Crippen molar-refractivity contribution in [3.63, 3.8) is 0 Å². The number of fused-ring (bicyclic) bond motifs is 1. The van der Waals surface area contributed by atoms with E-state index in [1.807, 2.05) is 31.2 Å². The summed E-state index contributed by atoms with van der Waals surface area (Å²) in [7, 11) is -4.12. The van der Waals surface area contributed by atoms with Crippen LogP contribution in [0.25, 0.3) is 16.9 Å². The average molecular weight is 554 g/mol. The van der Waals surface area contributed by atoms with Crippen molar-refractivity contribution in [2.45, 2.75) is 18.0 Å². The SMILES string of the molecule is Cc1ccccc1-c1cc(NCCNS(=O)(=O)c2cccc(C(F)(F)F)c2)n2ncc(Br)c2n1. The number of halogens is 4. The zero-order chi connectivity index (χ0) is 24.5. The number of sulfonamides is 1. The van der Waals surface area contributed by atoms with Crippen LogP contribution in [-0.4, -0.2) is 36.1 Å². The molecule has 0 atom stereocenters. The third-order valence-electron chi connectivity index (χ3n) is 5.04. The van der Waals surface area contributed by atoms with E-state index in [-0.39, 0.29) is 13.1 Å². The number of aromatic nitrogens is 3. The van der Waals surface area contributed by atoms with Gasteiger partial charge in [0.05, 0.1) is 26.8 Å². The van der Waals surface area contributed by atoms with Gasteiger partial charge >= 0.3 is 6.18 Å². The normalized spacial score (nSPS) is 12.3. The molecule has 0 aliphatic rings. The Morgan fingerprint density at radius 1 is 1.06 bits per heavy atom. The molecule has 4 rings (SSSR count). The highest BCUT2D eigenvalue weighted by molar-refractivity contribution is 9.10. The number of anilines is 1. The van der Waals surface area contributed by atoms with Gasteiger partial charge in [-0.1, -0.05) is 30.3 Å². The van der Waals surface area contributed by atoms with Crippen molar-refractivity contribution in [2.24, 2.45) is 0 Å². The number of hydrogen-bond donors (Lipinski definition) is 2. The molecule has 0 radical (unpaired) electrons. The molecule has 2 N–H and O–H groups in total. The van der Waals surface area contributed by atoms with Gasteiger partial charge in [0.25, 0.3) is 0 Å². The van der Waals surface area contributed by atoms with Crippen molar-refractivity contribution < 1.29 is 21.6 Å². The average Bonchev–Trinajstić information content (AvgIpc) is 3.17. The van der Waals surface area contributed by atoms with E-state index in [2.05, 4.69) is 36.1 Å². The molecule has 0 fully saturated rings. The standard InChI is InChI=1S/C22H19BrF3N5O2S/c1-14-5-2-3-8-17(14)19-12-20(31-21(30-19)18(23)13-28-31)27-9-10-29-34(32,33)16-7-4-6-15(11-16)22(24,25)26/h2-8,11-13,27,29H,9-10H2,1H3. The van der Waals surface area contributed by atoms with Gasteiger partial charge in [-0.15, -0.1) is 0 Å². The van der Waals surface area contributed by atoms with Crippen LogP contribution in [0.1, 0.15) is 11.1 Å². The predicted octanol–water partition coefficient (Wildman–Crippen LogP) is 4.88. The van der Waals surface area contributed by atoms with Crippen molar-refractivity contribution in [1.82, 2.24) is 19.3 Å². The van der Waals surface area contributed by atoms with E-state index in [1.54, 1.807) is 16.8 Å². The Bertz CT molecular complexity index is 1450. The maximum absolute atomic E-state index is 12.9. The zero-order valence-electron chi connectivity index (χ0n) is 17.8. The third-order valence-corrected chi connectivity index (χ3v) is 7.06. The monoisotopic (exact) mass is 553 g/mol. The second-order valence-corrected chi connectivity index (χ2v) is 10.0. The summed E-state index contributed by atoms with van der Waals surface area (Å²) in [5.41, 5.74) is 2.23. The number of rotatable bonds is 7. The summed E-state index contributed by atoms with van der Waals surface area (Å²) in [5.74, 6) is 0.576. The van der Waals surface area contributed by atoms with Gasteiger partial charge in [0, 0.05) is 24.7 Å². The van der Waals surface area contributed by atoms with Crippen LogP contribution in [0.4, 0.5) is 19.0 Å². The quantitative estimate of drug-likeness (QED) is 0.318. The van der Waals surface area contributed by atoms with Crippen molar-refractivity contribution in [3.05, 3.63) is 76.4 Å². The molecule has 12 heteroatoms. The number of aryl methyl sites for hydroxylation is 1. The maximum atomic E-state index is 12.9. The van der Waals surface area contributed by atoms with Crippen LogP contribution >= 0.6 is 15.9 Å². The highest BCUT2D eigenvalue weighted by Crippen LogP contribution is 2.30. The maximum Gasteiger partial charge on any atom is 0.416 e. The van der Waals surface area contributed by atoms with E-state index in [0.29, 0.717) is 27.7 Å². The van der Waals surface area contributed by atoms with Gasteiger partial charge in [0.15, 0.2) is 5.65 Å². The van der Waals surface area contributed by atoms with E-state index < -0.39 is 26.7 Å². The first-order chi connectivity index (χ1) is 16.1. The van der Waals surface area contributed by atoms with Crippen LogP contribution in [0, 0.1) is 6.92 Å². The molecule has 2 aromatic carbocycles. The van der Waals surface area contributed by atoms with Crippen LogP contribution in [0.2, 0.25) is 0 Å². The van der Waals surface area contributed by atoms with Crippen molar-refractivity contribution >= 4 is 37.4 Å². The number of hydrogen-bond acceptors (Lipinski definition) is 5. The summed E-state index contributed by atoms with van der Waals surface area (Å²) in [4.78, 5) is 4.22.